The summed E-state index contributed by atoms with van der Waals surface area (Å²) in [6.45, 7) is 10.6. The van der Waals surface area contributed by atoms with Crippen LogP contribution < -0.4 is 0 Å². The van der Waals surface area contributed by atoms with Crippen molar-refractivity contribution >= 4 is 0 Å². The molecule has 1 N–H and O–H groups in total. The van der Waals surface area contributed by atoms with Crippen molar-refractivity contribution in [2.24, 2.45) is 52.3 Å². The monoisotopic (exact) mass is 454 g/mol. The van der Waals surface area contributed by atoms with Crippen molar-refractivity contribution in [3.63, 3.8) is 0 Å². The van der Waals surface area contributed by atoms with E-state index in [1.165, 1.54) is 31.3 Å². The number of allylic oxidation sites excluding steroid dienone is 1. The Balaban J connectivity index is 1.47. The average molecular weight is 455 g/mol. The van der Waals surface area contributed by atoms with E-state index in [-0.39, 0.29) is 29.3 Å². The van der Waals surface area contributed by atoms with Crippen LogP contribution in [-0.2, 0) is 0 Å². The van der Waals surface area contributed by atoms with Crippen molar-refractivity contribution < 1.29 is 18.3 Å². The summed E-state index contributed by atoms with van der Waals surface area (Å²) in [6, 6.07) is 0. The van der Waals surface area contributed by atoms with Crippen molar-refractivity contribution in [1.29, 1.82) is 0 Å². The molecule has 4 rings (SSSR count). The Morgan fingerprint density at radius 3 is 2.38 bits per heavy atom. The van der Waals surface area contributed by atoms with E-state index in [1.807, 2.05) is 0 Å². The van der Waals surface area contributed by atoms with Crippen LogP contribution in [0.15, 0.2) is 11.6 Å². The highest BCUT2D eigenvalue weighted by molar-refractivity contribution is 5.25. The average Bonchev–Trinajstić information content (AvgIpc) is 3.04. The van der Waals surface area contributed by atoms with Crippen LogP contribution in [0.1, 0.15) is 98.8 Å². The lowest BCUT2D eigenvalue weighted by atomic mass is 9.47. The second-order valence-corrected chi connectivity index (χ2v) is 12.8. The Bertz CT molecular complexity index is 712. The van der Waals surface area contributed by atoms with Crippen molar-refractivity contribution in [3.05, 3.63) is 11.6 Å². The smallest absolute Gasteiger partial charge is 0.392 e. The zero-order chi connectivity index (χ0) is 23.5. The predicted molar refractivity (Wildman–Crippen MR) is 124 cm³/mol. The van der Waals surface area contributed by atoms with Crippen LogP contribution in [-0.4, -0.2) is 17.4 Å². The number of fused-ring (bicyclic) bond motifs is 5. The topological polar surface area (TPSA) is 20.2 Å². The molecule has 0 bridgehead atoms. The van der Waals surface area contributed by atoms with Crippen LogP contribution in [0, 0.1) is 52.3 Å². The molecule has 4 aliphatic carbocycles. The minimum Gasteiger partial charge on any atom is -0.393 e. The number of rotatable bonds is 5. The zero-order valence-electron chi connectivity index (χ0n) is 20.8. The number of halogens is 3. The molecule has 0 saturated heterocycles. The lowest BCUT2D eigenvalue weighted by Crippen LogP contribution is -2.50. The van der Waals surface area contributed by atoms with Gasteiger partial charge in [-0.2, -0.15) is 13.2 Å². The third-order valence-corrected chi connectivity index (χ3v) is 11.0. The number of alkyl halides is 3. The molecule has 0 aliphatic heterocycles. The summed E-state index contributed by atoms with van der Waals surface area (Å²) >= 11 is 0. The highest BCUT2D eigenvalue weighted by atomic mass is 19.4. The number of hydrogen-bond acceptors (Lipinski definition) is 1. The highest BCUT2D eigenvalue weighted by Gasteiger charge is 2.59. The maximum absolute atomic E-state index is 13.5. The quantitative estimate of drug-likeness (QED) is 0.415. The molecule has 0 amide bonds. The number of aliphatic hydroxyl groups is 1. The van der Waals surface area contributed by atoms with Gasteiger partial charge in [-0.3, -0.25) is 0 Å². The predicted octanol–water partition coefficient (Wildman–Crippen LogP) is 8.18. The van der Waals surface area contributed by atoms with Gasteiger partial charge in [0.1, 0.15) is 0 Å². The molecule has 9 atom stereocenters. The molecule has 3 fully saturated rings. The van der Waals surface area contributed by atoms with Crippen LogP contribution >= 0.6 is 0 Å². The van der Waals surface area contributed by atoms with Crippen LogP contribution in [0.3, 0.4) is 0 Å². The van der Waals surface area contributed by atoms with Gasteiger partial charge in [0.15, 0.2) is 0 Å². The SMILES string of the molecule is CC(C)C(CCC(C)C1CCC2C3CC=C4CC(O)CCC4(C)C3CCC12C)C(F)(F)F. The Morgan fingerprint density at radius 2 is 1.72 bits per heavy atom. The van der Waals surface area contributed by atoms with Gasteiger partial charge >= 0.3 is 6.18 Å². The van der Waals surface area contributed by atoms with Gasteiger partial charge in [-0.1, -0.05) is 46.3 Å². The zero-order valence-corrected chi connectivity index (χ0v) is 20.8. The summed E-state index contributed by atoms with van der Waals surface area (Å²) in [5, 5.41) is 10.2. The van der Waals surface area contributed by atoms with Crippen LogP contribution in [0.4, 0.5) is 13.2 Å². The van der Waals surface area contributed by atoms with Crippen molar-refractivity contribution in [1.82, 2.24) is 0 Å². The first-order valence-electron chi connectivity index (χ1n) is 13.3. The molecule has 3 saturated carbocycles. The van der Waals surface area contributed by atoms with Gasteiger partial charge in [0.05, 0.1) is 12.0 Å². The maximum atomic E-state index is 13.5. The molecule has 0 heterocycles. The largest absolute Gasteiger partial charge is 0.393 e. The first-order chi connectivity index (χ1) is 14.9. The highest BCUT2D eigenvalue weighted by Crippen LogP contribution is 2.67. The van der Waals surface area contributed by atoms with Gasteiger partial charge in [-0.05, 0) is 111 Å². The molecule has 4 aliphatic rings. The van der Waals surface area contributed by atoms with Gasteiger partial charge in [0.25, 0.3) is 0 Å². The first-order valence-corrected chi connectivity index (χ1v) is 13.3. The number of aliphatic hydroxyl groups excluding tert-OH is 1. The van der Waals surface area contributed by atoms with Crippen LogP contribution in [0.5, 0.6) is 0 Å². The summed E-state index contributed by atoms with van der Waals surface area (Å²) < 4.78 is 40.5. The summed E-state index contributed by atoms with van der Waals surface area (Å²) in [5.41, 5.74) is 2.04. The Labute approximate surface area is 193 Å². The Hall–Kier alpha value is -0.510. The fourth-order valence-electron chi connectivity index (χ4n) is 9.14. The summed E-state index contributed by atoms with van der Waals surface area (Å²) in [4.78, 5) is 0. The third kappa shape index (κ3) is 4.09. The second-order valence-electron chi connectivity index (χ2n) is 12.8. The molecule has 1 nitrogen and oxygen atoms in total. The van der Waals surface area contributed by atoms with E-state index in [2.05, 4.69) is 26.8 Å². The third-order valence-electron chi connectivity index (χ3n) is 11.0. The molecule has 32 heavy (non-hydrogen) atoms. The van der Waals surface area contributed by atoms with Crippen molar-refractivity contribution in [3.8, 4) is 0 Å². The van der Waals surface area contributed by atoms with E-state index in [9.17, 15) is 18.3 Å². The minimum atomic E-state index is -4.08. The van der Waals surface area contributed by atoms with Gasteiger partial charge in [-0.15, -0.1) is 0 Å². The molecule has 0 aromatic carbocycles. The van der Waals surface area contributed by atoms with Gasteiger partial charge in [0.2, 0.25) is 0 Å². The number of hydrogen-bond donors (Lipinski definition) is 1. The van der Waals surface area contributed by atoms with E-state index >= 15 is 0 Å². The lowest BCUT2D eigenvalue weighted by molar-refractivity contribution is -0.188. The second kappa shape index (κ2) is 8.61. The van der Waals surface area contributed by atoms with Crippen molar-refractivity contribution in [2.45, 2.75) is 111 Å². The standard InChI is InChI=1S/C28H45F3O/c1-17(2)22(28(29,30)31)9-6-18(3)23-10-11-24-21-8-7-19-16-20(32)12-14-26(19,4)25(21)13-15-27(23,24)5/h7,17-18,20-25,32H,6,8-16H2,1-5H3. The Morgan fingerprint density at radius 1 is 1.00 bits per heavy atom. The fourth-order valence-corrected chi connectivity index (χ4v) is 9.14. The summed E-state index contributed by atoms with van der Waals surface area (Å²) in [5.74, 6) is 1.54. The van der Waals surface area contributed by atoms with Crippen LogP contribution in [0.2, 0.25) is 0 Å². The lowest BCUT2D eigenvalue weighted by Gasteiger charge is -2.58. The van der Waals surface area contributed by atoms with Gasteiger partial charge < -0.3 is 5.11 Å². The molecule has 0 spiro atoms. The van der Waals surface area contributed by atoms with Gasteiger partial charge in [-0.25, -0.2) is 0 Å². The van der Waals surface area contributed by atoms with E-state index in [0.717, 1.165) is 31.6 Å². The van der Waals surface area contributed by atoms with E-state index in [4.69, 9.17) is 0 Å². The molecule has 0 aromatic rings. The molecule has 184 valence electrons. The summed E-state index contributed by atoms with van der Waals surface area (Å²) in [7, 11) is 0. The normalized spacial score (nSPS) is 43.8. The summed E-state index contributed by atoms with van der Waals surface area (Å²) in [6.07, 6.45) is 8.17. The maximum Gasteiger partial charge on any atom is 0.392 e. The fraction of sp³-hybridized carbons (Fsp3) is 0.929. The van der Waals surface area contributed by atoms with E-state index in [1.54, 1.807) is 13.8 Å². The molecule has 0 aromatic heterocycles. The van der Waals surface area contributed by atoms with E-state index in [0.29, 0.717) is 30.1 Å². The molecule has 0 radical (unpaired) electrons. The van der Waals surface area contributed by atoms with Crippen molar-refractivity contribution in [2.75, 3.05) is 0 Å². The minimum absolute atomic E-state index is 0.164. The first kappa shape index (κ1) is 24.6. The molecular weight excluding hydrogens is 409 g/mol. The van der Waals surface area contributed by atoms with Crippen LogP contribution in [0.25, 0.3) is 0 Å². The molecule has 4 heteroatoms. The Kier molecular flexibility index (Phi) is 6.62. The molecule has 9 unspecified atom stereocenters. The van der Waals surface area contributed by atoms with Gasteiger partial charge in [0, 0.05) is 0 Å². The van der Waals surface area contributed by atoms with E-state index < -0.39 is 12.1 Å². The molecular formula is C28H45F3O.